The van der Waals surface area contributed by atoms with Crippen LogP contribution < -0.4 is 0 Å². The van der Waals surface area contributed by atoms with Crippen molar-refractivity contribution >= 4 is 5.91 Å². The lowest BCUT2D eigenvalue weighted by atomic mass is 10.1. The van der Waals surface area contributed by atoms with Crippen LogP contribution >= 0.6 is 0 Å². The van der Waals surface area contributed by atoms with E-state index in [1.807, 2.05) is 0 Å². The number of aromatic nitrogens is 2. The van der Waals surface area contributed by atoms with E-state index in [9.17, 15) is 13.6 Å². The Morgan fingerprint density at radius 3 is 2.96 bits per heavy atom. The van der Waals surface area contributed by atoms with Crippen LogP contribution in [0.3, 0.4) is 0 Å². The molecule has 0 aliphatic carbocycles. The van der Waals surface area contributed by atoms with Gasteiger partial charge in [0, 0.05) is 32.0 Å². The second-order valence-corrected chi connectivity index (χ2v) is 5.99. The molecule has 0 saturated carbocycles. The largest absolute Gasteiger partial charge is 0.376 e. The summed E-state index contributed by atoms with van der Waals surface area (Å²) in [4.78, 5) is 18.2. The van der Waals surface area contributed by atoms with E-state index in [-0.39, 0.29) is 17.6 Å². The van der Waals surface area contributed by atoms with Crippen LogP contribution in [-0.2, 0) is 11.2 Å². The van der Waals surface area contributed by atoms with E-state index in [0.717, 1.165) is 25.0 Å². The molecule has 134 valence electrons. The maximum Gasteiger partial charge on any atom is 0.254 e. The van der Waals surface area contributed by atoms with Crippen LogP contribution in [0.25, 0.3) is 0 Å². The number of likely N-dealkylation sites (tertiary alicyclic amines) is 1. The van der Waals surface area contributed by atoms with Gasteiger partial charge in [-0.3, -0.25) is 4.79 Å². The number of aryl methyl sites for hydroxylation is 1. The third kappa shape index (κ3) is 4.39. The standard InChI is InChI=1S/C17H19F2N3O3/c1-11-20-16(21-25-11)6-8-24-13-3-2-7-22(10-13)17(23)12-4-5-14(18)15(19)9-12/h4-5,9,13H,2-3,6-8,10H2,1H3. The van der Waals surface area contributed by atoms with Crippen molar-refractivity contribution < 1.29 is 22.8 Å². The van der Waals surface area contributed by atoms with Crippen molar-refractivity contribution in [1.82, 2.24) is 15.0 Å². The van der Waals surface area contributed by atoms with E-state index in [0.29, 0.717) is 37.8 Å². The summed E-state index contributed by atoms with van der Waals surface area (Å²) in [5, 5.41) is 3.80. The highest BCUT2D eigenvalue weighted by Crippen LogP contribution is 2.18. The zero-order valence-corrected chi connectivity index (χ0v) is 13.9. The average molecular weight is 351 g/mol. The van der Waals surface area contributed by atoms with Crippen LogP contribution in [0, 0.1) is 18.6 Å². The van der Waals surface area contributed by atoms with Crippen LogP contribution in [-0.4, -0.2) is 46.7 Å². The van der Waals surface area contributed by atoms with Crippen molar-refractivity contribution in [2.24, 2.45) is 0 Å². The fourth-order valence-electron chi connectivity index (χ4n) is 2.83. The second-order valence-electron chi connectivity index (χ2n) is 5.99. The molecular weight excluding hydrogens is 332 g/mol. The van der Waals surface area contributed by atoms with Crippen LogP contribution in [0.1, 0.15) is 34.9 Å². The van der Waals surface area contributed by atoms with Crippen LogP contribution in [0.5, 0.6) is 0 Å². The summed E-state index contributed by atoms with van der Waals surface area (Å²) in [5.74, 6) is -1.21. The highest BCUT2D eigenvalue weighted by Gasteiger charge is 2.25. The number of carbonyl (C=O) groups is 1. The Morgan fingerprint density at radius 2 is 2.24 bits per heavy atom. The molecule has 0 N–H and O–H groups in total. The number of carbonyl (C=O) groups excluding carboxylic acids is 1. The van der Waals surface area contributed by atoms with Crippen LogP contribution in [0.4, 0.5) is 8.78 Å². The number of halogens is 2. The Bertz CT molecular complexity index is 750. The molecule has 1 aliphatic rings. The van der Waals surface area contributed by atoms with Gasteiger partial charge < -0.3 is 14.2 Å². The Kier molecular flexibility index (Phi) is 5.37. The van der Waals surface area contributed by atoms with Crippen molar-refractivity contribution in [2.45, 2.75) is 32.3 Å². The van der Waals surface area contributed by atoms with Gasteiger partial charge in [0.15, 0.2) is 17.5 Å². The Hall–Kier alpha value is -2.35. The summed E-state index contributed by atoms with van der Waals surface area (Å²) in [5.41, 5.74) is 0.141. The van der Waals surface area contributed by atoms with Gasteiger partial charge in [-0.15, -0.1) is 0 Å². The van der Waals surface area contributed by atoms with Crippen molar-refractivity contribution in [3.05, 3.63) is 47.1 Å². The molecule has 1 aromatic carbocycles. The number of amides is 1. The van der Waals surface area contributed by atoms with Gasteiger partial charge in [0.1, 0.15) is 0 Å². The first-order valence-electron chi connectivity index (χ1n) is 8.18. The lowest BCUT2D eigenvalue weighted by Crippen LogP contribution is -2.43. The maximum atomic E-state index is 13.3. The van der Waals surface area contributed by atoms with Crippen molar-refractivity contribution in [3.8, 4) is 0 Å². The summed E-state index contributed by atoms with van der Waals surface area (Å²) in [6.07, 6.45) is 2.06. The lowest BCUT2D eigenvalue weighted by Gasteiger charge is -2.32. The van der Waals surface area contributed by atoms with Gasteiger partial charge in [-0.2, -0.15) is 4.98 Å². The molecule has 1 amide bonds. The summed E-state index contributed by atoms with van der Waals surface area (Å²) in [6.45, 7) is 3.14. The van der Waals surface area contributed by atoms with Crippen LogP contribution in [0.15, 0.2) is 22.7 Å². The third-order valence-corrected chi connectivity index (χ3v) is 4.08. The molecule has 6 nitrogen and oxygen atoms in total. The quantitative estimate of drug-likeness (QED) is 0.828. The van der Waals surface area contributed by atoms with Gasteiger partial charge in [0.25, 0.3) is 5.91 Å². The fraction of sp³-hybridized carbons (Fsp3) is 0.471. The van der Waals surface area contributed by atoms with Crippen LogP contribution in [0.2, 0.25) is 0 Å². The molecule has 1 atom stereocenters. The molecule has 2 heterocycles. The van der Waals surface area contributed by atoms with Gasteiger partial charge in [-0.05, 0) is 31.0 Å². The molecule has 1 unspecified atom stereocenters. The summed E-state index contributed by atoms with van der Waals surface area (Å²) >= 11 is 0. The lowest BCUT2D eigenvalue weighted by molar-refractivity contribution is 0.00249. The fourth-order valence-corrected chi connectivity index (χ4v) is 2.83. The molecule has 0 radical (unpaired) electrons. The first kappa shape index (κ1) is 17.5. The number of nitrogens with zero attached hydrogens (tertiary/aromatic N) is 3. The van der Waals surface area contributed by atoms with Gasteiger partial charge in [-0.25, -0.2) is 8.78 Å². The topological polar surface area (TPSA) is 68.5 Å². The van der Waals surface area contributed by atoms with Gasteiger partial charge in [0.2, 0.25) is 5.89 Å². The zero-order chi connectivity index (χ0) is 17.8. The molecule has 1 fully saturated rings. The molecule has 25 heavy (non-hydrogen) atoms. The van der Waals surface area contributed by atoms with E-state index in [2.05, 4.69) is 10.1 Å². The minimum atomic E-state index is -1.02. The van der Waals surface area contributed by atoms with E-state index in [4.69, 9.17) is 9.26 Å². The molecule has 0 spiro atoms. The molecule has 1 aromatic heterocycles. The number of piperidine rings is 1. The minimum absolute atomic E-state index is 0.101. The monoisotopic (exact) mass is 351 g/mol. The van der Waals surface area contributed by atoms with Gasteiger partial charge in [0.05, 0.1) is 12.7 Å². The highest BCUT2D eigenvalue weighted by molar-refractivity contribution is 5.94. The number of hydrogen-bond acceptors (Lipinski definition) is 5. The van der Waals surface area contributed by atoms with Crippen molar-refractivity contribution in [2.75, 3.05) is 19.7 Å². The van der Waals surface area contributed by atoms with E-state index in [1.54, 1.807) is 11.8 Å². The maximum absolute atomic E-state index is 13.3. The molecule has 1 saturated heterocycles. The molecule has 8 heteroatoms. The predicted octanol–water partition coefficient (Wildman–Crippen LogP) is 2.52. The highest BCUT2D eigenvalue weighted by atomic mass is 19.2. The van der Waals surface area contributed by atoms with E-state index < -0.39 is 11.6 Å². The smallest absolute Gasteiger partial charge is 0.254 e. The third-order valence-electron chi connectivity index (χ3n) is 4.08. The van der Waals surface area contributed by atoms with Crippen molar-refractivity contribution in [1.29, 1.82) is 0 Å². The Balaban J connectivity index is 1.53. The molecule has 3 rings (SSSR count). The van der Waals surface area contributed by atoms with Gasteiger partial charge >= 0.3 is 0 Å². The molecular formula is C17H19F2N3O3. The zero-order valence-electron chi connectivity index (χ0n) is 13.9. The first-order valence-corrected chi connectivity index (χ1v) is 8.18. The summed E-state index contributed by atoms with van der Waals surface area (Å²) in [7, 11) is 0. The number of rotatable bonds is 5. The Labute approximate surface area is 143 Å². The van der Waals surface area contributed by atoms with E-state index >= 15 is 0 Å². The average Bonchev–Trinajstić information content (AvgIpc) is 3.02. The molecule has 2 aromatic rings. The second kappa shape index (κ2) is 7.69. The van der Waals surface area contributed by atoms with E-state index in [1.165, 1.54) is 6.07 Å². The normalized spacial score (nSPS) is 17.7. The predicted molar refractivity (Wildman–Crippen MR) is 84.0 cm³/mol. The van der Waals surface area contributed by atoms with Gasteiger partial charge in [-0.1, -0.05) is 5.16 Å². The Morgan fingerprint density at radius 1 is 1.40 bits per heavy atom. The SMILES string of the molecule is Cc1nc(CCOC2CCCN(C(=O)c3ccc(F)c(F)c3)C2)no1. The first-order chi connectivity index (χ1) is 12.0. The summed E-state index contributed by atoms with van der Waals surface area (Å²) in [6, 6.07) is 3.19. The molecule has 0 bridgehead atoms. The minimum Gasteiger partial charge on any atom is -0.376 e. The number of benzene rings is 1. The number of ether oxygens (including phenoxy) is 1. The van der Waals surface area contributed by atoms with Crippen molar-refractivity contribution in [3.63, 3.8) is 0 Å². The summed E-state index contributed by atoms with van der Waals surface area (Å²) < 4.78 is 37.0. The number of hydrogen-bond donors (Lipinski definition) is 0. The molecule has 1 aliphatic heterocycles.